The van der Waals surface area contributed by atoms with Crippen molar-refractivity contribution in [2.24, 2.45) is 0 Å². The quantitative estimate of drug-likeness (QED) is 0.731. The molecule has 86 valence electrons. The first kappa shape index (κ1) is 11.3. The van der Waals surface area contributed by atoms with Crippen LogP contribution in [0.5, 0.6) is 0 Å². The lowest BCUT2D eigenvalue weighted by Crippen LogP contribution is -2.36. The SMILES string of the molecule is C[C@@H](C(=O)c1ccc(F)cc1)N1CCCC1. The number of hydrogen-bond acceptors (Lipinski definition) is 2. The Morgan fingerprint density at radius 1 is 1.25 bits per heavy atom. The molecule has 1 aromatic rings. The first-order valence-corrected chi connectivity index (χ1v) is 5.72. The molecule has 1 aromatic carbocycles. The number of nitrogens with zero attached hydrogens (tertiary/aromatic N) is 1. The van der Waals surface area contributed by atoms with E-state index < -0.39 is 0 Å². The molecule has 1 fully saturated rings. The molecule has 0 unspecified atom stereocenters. The summed E-state index contributed by atoms with van der Waals surface area (Å²) in [5.41, 5.74) is 0.598. The van der Waals surface area contributed by atoms with E-state index in [0.29, 0.717) is 5.56 Å². The lowest BCUT2D eigenvalue weighted by Gasteiger charge is -2.22. The van der Waals surface area contributed by atoms with E-state index in [9.17, 15) is 9.18 Å². The zero-order valence-corrected chi connectivity index (χ0v) is 9.45. The standard InChI is InChI=1S/C13H16FNO/c1-10(15-8-2-3-9-15)13(16)11-4-6-12(14)7-5-11/h4-7,10H,2-3,8-9H2,1H3/t10-/m0/s1. The second-order valence-corrected chi connectivity index (χ2v) is 4.29. The van der Waals surface area contributed by atoms with Crippen LogP contribution in [-0.4, -0.2) is 29.8 Å². The molecule has 1 saturated heterocycles. The Hall–Kier alpha value is -1.22. The lowest BCUT2D eigenvalue weighted by molar-refractivity contribution is 0.0867. The van der Waals surface area contributed by atoms with Gasteiger partial charge in [-0.1, -0.05) is 0 Å². The fraction of sp³-hybridized carbons (Fsp3) is 0.462. The van der Waals surface area contributed by atoms with Crippen molar-refractivity contribution in [1.29, 1.82) is 0 Å². The Morgan fingerprint density at radius 3 is 2.38 bits per heavy atom. The predicted octanol–water partition coefficient (Wildman–Crippen LogP) is 2.49. The molecule has 0 saturated carbocycles. The first-order chi connectivity index (χ1) is 7.68. The molecular weight excluding hydrogens is 205 g/mol. The first-order valence-electron chi connectivity index (χ1n) is 5.72. The maximum atomic E-state index is 12.7. The van der Waals surface area contributed by atoms with E-state index in [2.05, 4.69) is 4.90 Å². The van der Waals surface area contributed by atoms with Gasteiger partial charge >= 0.3 is 0 Å². The second-order valence-electron chi connectivity index (χ2n) is 4.29. The number of ketones is 1. The van der Waals surface area contributed by atoms with E-state index in [1.807, 2.05) is 6.92 Å². The average Bonchev–Trinajstić information content (AvgIpc) is 2.81. The number of halogens is 1. The number of likely N-dealkylation sites (tertiary alicyclic amines) is 1. The minimum atomic E-state index is -0.301. The highest BCUT2D eigenvalue weighted by Crippen LogP contribution is 2.15. The van der Waals surface area contributed by atoms with Crippen molar-refractivity contribution in [2.45, 2.75) is 25.8 Å². The van der Waals surface area contributed by atoms with Crippen molar-refractivity contribution in [1.82, 2.24) is 4.90 Å². The van der Waals surface area contributed by atoms with Crippen molar-refractivity contribution in [3.63, 3.8) is 0 Å². The second kappa shape index (κ2) is 4.74. The highest BCUT2D eigenvalue weighted by Gasteiger charge is 2.24. The van der Waals surface area contributed by atoms with E-state index in [-0.39, 0.29) is 17.6 Å². The summed E-state index contributed by atoms with van der Waals surface area (Å²) in [7, 11) is 0. The predicted molar refractivity (Wildman–Crippen MR) is 61.0 cm³/mol. The molecule has 0 bridgehead atoms. The number of carbonyl (C=O) groups excluding carboxylic acids is 1. The maximum Gasteiger partial charge on any atom is 0.179 e. The van der Waals surface area contributed by atoms with E-state index in [1.54, 1.807) is 12.1 Å². The third-order valence-corrected chi connectivity index (χ3v) is 3.20. The summed E-state index contributed by atoms with van der Waals surface area (Å²) in [6.45, 7) is 3.92. The molecule has 2 nitrogen and oxygen atoms in total. The Kier molecular flexibility index (Phi) is 3.34. The van der Waals surface area contributed by atoms with E-state index in [0.717, 1.165) is 13.1 Å². The lowest BCUT2D eigenvalue weighted by atomic mass is 10.0. The Balaban J connectivity index is 2.08. The maximum absolute atomic E-state index is 12.7. The van der Waals surface area contributed by atoms with Crippen LogP contribution in [0.4, 0.5) is 4.39 Å². The highest BCUT2D eigenvalue weighted by atomic mass is 19.1. The minimum absolute atomic E-state index is 0.0851. The molecule has 2 rings (SSSR count). The molecule has 0 spiro atoms. The summed E-state index contributed by atoms with van der Waals surface area (Å²) < 4.78 is 12.7. The fourth-order valence-corrected chi connectivity index (χ4v) is 2.15. The van der Waals surface area contributed by atoms with Crippen molar-refractivity contribution in [2.75, 3.05) is 13.1 Å². The van der Waals surface area contributed by atoms with Crippen LogP contribution in [0.3, 0.4) is 0 Å². The number of carbonyl (C=O) groups is 1. The summed E-state index contributed by atoms with van der Waals surface area (Å²) in [6, 6.07) is 5.70. The normalized spacial score (nSPS) is 18.6. The molecule has 0 aliphatic carbocycles. The van der Waals surface area contributed by atoms with Crippen molar-refractivity contribution >= 4 is 5.78 Å². The minimum Gasteiger partial charge on any atom is -0.294 e. The van der Waals surface area contributed by atoms with Gasteiger partial charge in [-0.15, -0.1) is 0 Å². The van der Waals surface area contributed by atoms with Crippen molar-refractivity contribution in [3.05, 3.63) is 35.6 Å². The molecule has 0 radical (unpaired) electrons. The van der Waals surface area contributed by atoms with Gasteiger partial charge in [0.05, 0.1) is 6.04 Å². The van der Waals surface area contributed by atoms with Crippen LogP contribution >= 0.6 is 0 Å². The number of Topliss-reactive ketones (excluding diaryl/α,β-unsaturated/α-hetero) is 1. The fourth-order valence-electron chi connectivity index (χ4n) is 2.15. The third kappa shape index (κ3) is 2.30. The van der Waals surface area contributed by atoms with E-state index >= 15 is 0 Å². The summed E-state index contributed by atoms with van der Waals surface area (Å²) in [6.07, 6.45) is 2.34. The van der Waals surface area contributed by atoms with E-state index in [1.165, 1.54) is 25.0 Å². The third-order valence-electron chi connectivity index (χ3n) is 3.20. The molecular formula is C13H16FNO. The highest BCUT2D eigenvalue weighted by molar-refractivity contribution is 5.99. The smallest absolute Gasteiger partial charge is 0.179 e. The molecule has 0 aromatic heterocycles. The van der Waals surface area contributed by atoms with Crippen LogP contribution < -0.4 is 0 Å². The molecule has 16 heavy (non-hydrogen) atoms. The number of hydrogen-bond donors (Lipinski definition) is 0. The van der Waals surface area contributed by atoms with Crippen LogP contribution in [0.2, 0.25) is 0 Å². The van der Waals surface area contributed by atoms with E-state index in [4.69, 9.17) is 0 Å². The van der Waals surface area contributed by atoms with Crippen LogP contribution in [0, 0.1) is 5.82 Å². The summed E-state index contributed by atoms with van der Waals surface area (Å²) in [5.74, 6) is -0.215. The molecule has 1 aliphatic heterocycles. The van der Waals surface area contributed by atoms with Crippen molar-refractivity contribution < 1.29 is 9.18 Å². The van der Waals surface area contributed by atoms with Gasteiger partial charge in [-0.25, -0.2) is 4.39 Å². The molecule has 1 heterocycles. The molecule has 1 atom stereocenters. The van der Waals surface area contributed by atoms with Crippen LogP contribution in [-0.2, 0) is 0 Å². The largest absolute Gasteiger partial charge is 0.294 e. The summed E-state index contributed by atoms with van der Waals surface area (Å²) in [5, 5.41) is 0. The zero-order chi connectivity index (χ0) is 11.5. The van der Waals surface area contributed by atoms with Gasteiger partial charge in [-0.3, -0.25) is 9.69 Å². The Morgan fingerprint density at radius 2 is 1.81 bits per heavy atom. The van der Waals surface area contributed by atoms with Gasteiger partial charge in [-0.05, 0) is 57.1 Å². The van der Waals surface area contributed by atoms with Gasteiger partial charge in [0, 0.05) is 5.56 Å². The molecule has 0 amide bonds. The zero-order valence-electron chi connectivity index (χ0n) is 9.45. The monoisotopic (exact) mass is 221 g/mol. The number of benzene rings is 1. The molecule has 1 aliphatic rings. The van der Waals surface area contributed by atoms with Gasteiger partial charge in [0.15, 0.2) is 5.78 Å². The van der Waals surface area contributed by atoms with Gasteiger partial charge < -0.3 is 0 Å². The summed E-state index contributed by atoms with van der Waals surface area (Å²) in [4.78, 5) is 14.3. The average molecular weight is 221 g/mol. The summed E-state index contributed by atoms with van der Waals surface area (Å²) >= 11 is 0. The van der Waals surface area contributed by atoms with Crippen LogP contribution in [0.1, 0.15) is 30.1 Å². The Labute approximate surface area is 95.1 Å². The number of rotatable bonds is 3. The van der Waals surface area contributed by atoms with Crippen molar-refractivity contribution in [3.8, 4) is 0 Å². The van der Waals surface area contributed by atoms with Crippen LogP contribution in [0.15, 0.2) is 24.3 Å². The Bertz CT molecular complexity index is 368. The topological polar surface area (TPSA) is 20.3 Å². The molecule has 0 N–H and O–H groups in total. The van der Waals surface area contributed by atoms with Gasteiger partial charge in [0.2, 0.25) is 0 Å². The van der Waals surface area contributed by atoms with Gasteiger partial charge in [-0.2, -0.15) is 0 Å². The van der Waals surface area contributed by atoms with Gasteiger partial charge in [0.25, 0.3) is 0 Å². The van der Waals surface area contributed by atoms with Crippen LogP contribution in [0.25, 0.3) is 0 Å². The molecule has 3 heteroatoms. The van der Waals surface area contributed by atoms with Gasteiger partial charge in [0.1, 0.15) is 5.82 Å².